The molecule has 0 aliphatic carbocycles. The van der Waals surface area contributed by atoms with Crippen LogP contribution in [0.3, 0.4) is 0 Å². The first-order valence-electron chi connectivity index (χ1n) is 5.94. The molecule has 0 spiro atoms. The second-order valence-electron chi connectivity index (χ2n) is 4.32. The molecule has 0 atom stereocenters. The third-order valence-electron chi connectivity index (χ3n) is 2.68. The summed E-state index contributed by atoms with van der Waals surface area (Å²) in [6.07, 6.45) is 0. The van der Waals surface area contributed by atoms with Gasteiger partial charge in [-0.15, -0.1) is 0 Å². The van der Waals surface area contributed by atoms with Crippen molar-refractivity contribution in [3.63, 3.8) is 0 Å². The molecule has 0 amide bonds. The van der Waals surface area contributed by atoms with Crippen LogP contribution in [0.15, 0.2) is 39.8 Å². The number of benzene rings is 1. The van der Waals surface area contributed by atoms with E-state index in [1.165, 1.54) is 18.2 Å². The fourth-order valence-electron chi connectivity index (χ4n) is 1.63. The topological polar surface area (TPSA) is 71.3 Å². The van der Waals surface area contributed by atoms with Crippen LogP contribution in [-0.4, -0.2) is 15.5 Å². The molecule has 0 aliphatic heterocycles. The van der Waals surface area contributed by atoms with E-state index < -0.39 is 15.8 Å². The molecular weight excluding hydrogens is 283 g/mol. The fourth-order valence-corrected chi connectivity index (χ4v) is 2.64. The second-order valence-corrected chi connectivity index (χ2v) is 5.93. The standard InChI is InChI=1S/C13H15FN2O3S/c1-9-3-4-10(7-12(9)14)16-20(17,18)13-6-5-11(19-13)8-15-2/h3-7,15-16H,8H2,1-2H3. The number of hydrogen-bond donors (Lipinski definition) is 2. The molecular formula is C13H15FN2O3S. The van der Waals surface area contributed by atoms with Gasteiger partial charge in [0.15, 0.2) is 0 Å². The van der Waals surface area contributed by atoms with E-state index in [-0.39, 0.29) is 10.8 Å². The van der Waals surface area contributed by atoms with Crippen molar-refractivity contribution in [1.29, 1.82) is 0 Å². The molecule has 2 aromatic rings. The number of rotatable bonds is 5. The maximum absolute atomic E-state index is 13.4. The van der Waals surface area contributed by atoms with Gasteiger partial charge in [0.05, 0.1) is 12.2 Å². The van der Waals surface area contributed by atoms with Gasteiger partial charge < -0.3 is 9.73 Å². The maximum Gasteiger partial charge on any atom is 0.295 e. The van der Waals surface area contributed by atoms with Gasteiger partial charge in [-0.3, -0.25) is 4.72 Å². The summed E-state index contributed by atoms with van der Waals surface area (Å²) in [5.74, 6) is 0.0310. The highest BCUT2D eigenvalue weighted by Gasteiger charge is 2.19. The Bertz CT molecular complexity index is 710. The van der Waals surface area contributed by atoms with Crippen LogP contribution in [0, 0.1) is 12.7 Å². The first-order chi connectivity index (χ1) is 9.42. The quantitative estimate of drug-likeness (QED) is 0.888. The van der Waals surface area contributed by atoms with Crippen molar-refractivity contribution >= 4 is 15.7 Å². The van der Waals surface area contributed by atoms with Crippen LogP contribution in [0.1, 0.15) is 11.3 Å². The first kappa shape index (κ1) is 14.5. The first-order valence-corrected chi connectivity index (χ1v) is 7.43. The lowest BCUT2D eigenvalue weighted by atomic mass is 10.2. The van der Waals surface area contributed by atoms with E-state index in [4.69, 9.17) is 4.42 Å². The Morgan fingerprint density at radius 2 is 2.00 bits per heavy atom. The summed E-state index contributed by atoms with van der Waals surface area (Å²) >= 11 is 0. The number of halogens is 1. The van der Waals surface area contributed by atoms with E-state index >= 15 is 0 Å². The van der Waals surface area contributed by atoms with Gasteiger partial charge in [-0.05, 0) is 43.8 Å². The van der Waals surface area contributed by atoms with Crippen molar-refractivity contribution in [2.24, 2.45) is 0 Å². The summed E-state index contributed by atoms with van der Waals surface area (Å²) in [5.41, 5.74) is 0.599. The highest BCUT2D eigenvalue weighted by Crippen LogP contribution is 2.20. The monoisotopic (exact) mass is 298 g/mol. The van der Waals surface area contributed by atoms with Crippen molar-refractivity contribution in [3.8, 4) is 0 Å². The Balaban J connectivity index is 2.23. The van der Waals surface area contributed by atoms with Crippen LogP contribution in [-0.2, 0) is 16.6 Å². The third-order valence-corrected chi connectivity index (χ3v) is 3.93. The molecule has 2 N–H and O–H groups in total. The van der Waals surface area contributed by atoms with Gasteiger partial charge in [-0.1, -0.05) is 6.07 Å². The maximum atomic E-state index is 13.4. The van der Waals surface area contributed by atoms with Crippen LogP contribution >= 0.6 is 0 Å². The molecule has 7 heteroatoms. The summed E-state index contributed by atoms with van der Waals surface area (Å²) in [7, 11) is -2.13. The predicted molar refractivity (Wildman–Crippen MR) is 73.4 cm³/mol. The molecule has 108 valence electrons. The summed E-state index contributed by atoms with van der Waals surface area (Å²) in [5, 5.41) is 2.65. The Labute approximate surface area is 116 Å². The number of hydrogen-bond acceptors (Lipinski definition) is 4. The van der Waals surface area contributed by atoms with Crippen molar-refractivity contribution in [1.82, 2.24) is 5.32 Å². The third kappa shape index (κ3) is 3.17. The Kier molecular flexibility index (Phi) is 4.10. The molecule has 1 heterocycles. The van der Waals surface area contributed by atoms with Gasteiger partial charge in [0.1, 0.15) is 11.6 Å². The summed E-state index contributed by atoms with van der Waals surface area (Å²) < 4.78 is 45.0. The zero-order chi connectivity index (χ0) is 14.8. The van der Waals surface area contributed by atoms with Crippen LogP contribution in [0.5, 0.6) is 0 Å². The average Bonchev–Trinajstić information content (AvgIpc) is 2.83. The predicted octanol–water partition coefficient (Wildman–Crippen LogP) is 2.25. The van der Waals surface area contributed by atoms with Crippen LogP contribution in [0.25, 0.3) is 0 Å². The van der Waals surface area contributed by atoms with Gasteiger partial charge >= 0.3 is 0 Å². The molecule has 0 unspecified atom stereocenters. The molecule has 1 aromatic heterocycles. The van der Waals surface area contributed by atoms with E-state index in [9.17, 15) is 12.8 Å². The molecule has 5 nitrogen and oxygen atoms in total. The average molecular weight is 298 g/mol. The molecule has 0 radical (unpaired) electrons. The second kappa shape index (κ2) is 5.64. The lowest BCUT2D eigenvalue weighted by molar-refractivity contribution is 0.408. The number of nitrogens with one attached hydrogen (secondary N) is 2. The van der Waals surface area contributed by atoms with Crippen LogP contribution in [0.2, 0.25) is 0 Å². The Morgan fingerprint density at radius 3 is 2.65 bits per heavy atom. The lowest BCUT2D eigenvalue weighted by Crippen LogP contribution is -2.12. The van der Waals surface area contributed by atoms with Gasteiger partial charge in [0.25, 0.3) is 10.0 Å². The Morgan fingerprint density at radius 1 is 1.25 bits per heavy atom. The molecule has 2 rings (SSSR count). The minimum atomic E-state index is -3.85. The normalized spacial score (nSPS) is 11.6. The highest BCUT2D eigenvalue weighted by molar-refractivity contribution is 7.92. The van der Waals surface area contributed by atoms with E-state index in [1.807, 2.05) is 0 Å². The molecule has 1 aromatic carbocycles. The fraction of sp³-hybridized carbons (Fsp3) is 0.231. The van der Waals surface area contributed by atoms with E-state index in [2.05, 4.69) is 10.0 Å². The molecule has 0 saturated heterocycles. The molecule has 0 saturated carbocycles. The van der Waals surface area contributed by atoms with Crippen LogP contribution in [0.4, 0.5) is 10.1 Å². The number of anilines is 1. The van der Waals surface area contributed by atoms with E-state index in [1.54, 1.807) is 20.0 Å². The van der Waals surface area contributed by atoms with Gasteiger partial charge in [0.2, 0.25) is 5.09 Å². The van der Waals surface area contributed by atoms with Crippen molar-refractivity contribution in [3.05, 3.63) is 47.5 Å². The summed E-state index contributed by atoms with van der Waals surface area (Å²) in [4.78, 5) is 0. The molecule has 0 fully saturated rings. The highest BCUT2D eigenvalue weighted by atomic mass is 32.2. The number of aryl methyl sites for hydroxylation is 1. The van der Waals surface area contributed by atoms with Crippen molar-refractivity contribution < 1.29 is 17.2 Å². The minimum absolute atomic E-state index is 0.152. The molecule has 20 heavy (non-hydrogen) atoms. The Hall–Kier alpha value is -1.86. The van der Waals surface area contributed by atoms with Gasteiger partial charge in [-0.2, -0.15) is 8.42 Å². The van der Waals surface area contributed by atoms with Crippen molar-refractivity contribution in [2.45, 2.75) is 18.6 Å². The van der Waals surface area contributed by atoms with Gasteiger partial charge in [-0.25, -0.2) is 4.39 Å². The minimum Gasteiger partial charge on any atom is -0.446 e. The van der Waals surface area contributed by atoms with E-state index in [0.29, 0.717) is 17.9 Å². The SMILES string of the molecule is CNCc1ccc(S(=O)(=O)Nc2ccc(C)c(F)c2)o1. The largest absolute Gasteiger partial charge is 0.446 e. The number of sulfonamides is 1. The molecule has 0 aliphatic rings. The summed E-state index contributed by atoms with van der Waals surface area (Å²) in [6.45, 7) is 2.03. The lowest BCUT2D eigenvalue weighted by Gasteiger charge is -2.06. The molecule has 0 bridgehead atoms. The summed E-state index contributed by atoms with van der Waals surface area (Å²) in [6, 6.07) is 7.06. The van der Waals surface area contributed by atoms with E-state index in [0.717, 1.165) is 6.07 Å². The van der Waals surface area contributed by atoms with Crippen molar-refractivity contribution in [2.75, 3.05) is 11.8 Å². The zero-order valence-corrected chi connectivity index (χ0v) is 11.9. The zero-order valence-electron chi connectivity index (χ0n) is 11.1. The number of furan rings is 1. The van der Waals surface area contributed by atoms with Gasteiger partial charge in [0, 0.05) is 0 Å². The smallest absolute Gasteiger partial charge is 0.295 e. The van der Waals surface area contributed by atoms with Crippen LogP contribution < -0.4 is 10.0 Å².